The number of hydrazone groups is 1. The number of phenols is 1. The van der Waals surface area contributed by atoms with Crippen LogP contribution in [0.1, 0.15) is 5.56 Å². The van der Waals surface area contributed by atoms with Crippen molar-refractivity contribution in [3.05, 3.63) is 42.0 Å². The van der Waals surface area contributed by atoms with Gasteiger partial charge in [-0.1, -0.05) is 42.1 Å². The standard InChI is InChI=1S/C13H13N3OS/c1-18-13(14)16-15-8-11-10-5-3-2-4-9(10)6-7-12(11)17/h2-8,17H,1H3,(H2,14,16)/p+1. The maximum Gasteiger partial charge on any atom is 0.225 e. The van der Waals surface area contributed by atoms with Gasteiger partial charge in [-0.05, 0) is 23.1 Å². The Morgan fingerprint density at radius 2 is 2.11 bits per heavy atom. The predicted octanol–water partition coefficient (Wildman–Crippen LogP) is 0.638. The zero-order valence-electron chi connectivity index (χ0n) is 9.92. The molecule has 0 heterocycles. The topological polar surface area (TPSA) is 72.6 Å². The molecular weight excluding hydrogens is 246 g/mol. The van der Waals surface area contributed by atoms with Gasteiger partial charge in [0.2, 0.25) is 11.4 Å². The maximum absolute atomic E-state index is 9.87. The number of aromatic hydroxyl groups is 1. The van der Waals surface area contributed by atoms with Crippen LogP contribution in [0, 0.1) is 0 Å². The molecule has 0 unspecified atom stereocenters. The SMILES string of the molecule is CSC(N)=N[NH+]=Cc1c(O)ccc2ccccc12. The number of benzene rings is 2. The van der Waals surface area contributed by atoms with E-state index in [1.165, 1.54) is 11.8 Å². The summed E-state index contributed by atoms with van der Waals surface area (Å²) in [6, 6.07) is 11.4. The van der Waals surface area contributed by atoms with Gasteiger partial charge in [0.25, 0.3) is 0 Å². The highest BCUT2D eigenvalue weighted by atomic mass is 32.2. The minimum absolute atomic E-state index is 0.208. The fraction of sp³-hybridized carbons (Fsp3) is 0.0769. The van der Waals surface area contributed by atoms with Crippen LogP contribution in [0.4, 0.5) is 0 Å². The van der Waals surface area contributed by atoms with Gasteiger partial charge in [0.05, 0.1) is 5.56 Å². The summed E-state index contributed by atoms with van der Waals surface area (Å²) < 4.78 is 0. The zero-order valence-corrected chi connectivity index (χ0v) is 10.7. The Morgan fingerprint density at radius 1 is 1.33 bits per heavy atom. The van der Waals surface area contributed by atoms with Crippen molar-refractivity contribution < 1.29 is 10.2 Å². The Labute approximate surface area is 109 Å². The number of phenolic OH excluding ortho intramolecular Hbond substituents is 1. The predicted molar refractivity (Wildman–Crippen MR) is 76.9 cm³/mol. The number of nitrogens with zero attached hydrogens (tertiary/aromatic N) is 1. The van der Waals surface area contributed by atoms with Crippen molar-refractivity contribution in [3.63, 3.8) is 0 Å². The summed E-state index contributed by atoms with van der Waals surface area (Å²) in [5, 5.41) is 19.0. The molecule has 0 spiro atoms. The van der Waals surface area contributed by atoms with Crippen LogP contribution in [0.2, 0.25) is 0 Å². The van der Waals surface area contributed by atoms with Crippen molar-refractivity contribution in [2.45, 2.75) is 0 Å². The number of nitrogens with one attached hydrogen (secondary N) is 1. The molecule has 0 amide bonds. The third-order valence-electron chi connectivity index (χ3n) is 2.54. The van der Waals surface area contributed by atoms with Crippen LogP contribution in [-0.2, 0) is 0 Å². The van der Waals surface area contributed by atoms with Gasteiger partial charge < -0.3 is 10.8 Å². The molecule has 2 aromatic carbocycles. The average Bonchev–Trinajstić information content (AvgIpc) is 2.41. The lowest BCUT2D eigenvalue weighted by atomic mass is 10.0. The van der Waals surface area contributed by atoms with Gasteiger partial charge in [-0.15, -0.1) is 5.10 Å². The molecule has 0 atom stereocenters. The molecule has 4 nitrogen and oxygen atoms in total. The van der Waals surface area contributed by atoms with Gasteiger partial charge >= 0.3 is 0 Å². The second kappa shape index (κ2) is 5.55. The van der Waals surface area contributed by atoms with Crippen LogP contribution in [0.15, 0.2) is 41.5 Å². The molecule has 0 saturated heterocycles. The summed E-state index contributed by atoms with van der Waals surface area (Å²) in [5.74, 6) is 0.208. The van der Waals surface area contributed by atoms with E-state index in [2.05, 4.69) is 10.2 Å². The van der Waals surface area contributed by atoms with E-state index in [1.807, 2.05) is 36.6 Å². The summed E-state index contributed by atoms with van der Waals surface area (Å²) in [6.45, 7) is 0. The van der Waals surface area contributed by atoms with E-state index in [4.69, 9.17) is 5.73 Å². The molecule has 0 bridgehead atoms. The first-order valence-corrected chi connectivity index (χ1v) is 6.61. The number of fused-ring (bicyclic) bond motifs is 1. The van der Waals surface area contributed by atoms with E-state index < -0.39 is 0 Å². The van der Waals surface area contributed by atoms with E-state index in [-0.39, 0.29) is 5.75 Å². The lowest BCUT2D eigenvalue weighted by molar-refractivity contribution is -0.456. The van der Waals surface area contributed by atoms with E-state index in [0.717, 1.165) is 10.8 Å². The Bertz CT molecular complexity index is 623. The lowest BCUT2D eigenvalue weighted by Gasteiger charge is -2.01. The maximum atomic E-state index is 9.87. The molecule has 0 aliphatic carbocycles. The number of thioether (sulfide) groups is 1. The first-order chi connectivity index (χ1) is 8.72. The Morgan fingerprint density at radius 3 is 2.89 bits per heavy atom. The third-order valence-corrected chi connectivity index (χ3v) is 3.05. The van der Waals surface area contributed by atoms with Gasteiger partial charge in [-0.25, -0.2) is 0 Å². The van der Waals surface area contributed by atoms with Gasteiger partial charge in [-0.2, -0.15) is 0 Å². The monoisotopic (exact) mass is 260 g/mol. The van der Waals surface area contributed by atoms with Crippen molar-refractivity contribution in [3.8, 4) is 5.75 Å². The molecule has 18 heavy (non-hydrogen) atoms. The molecule has 5 heteroatoms. The highest BCUT2D eigenvalue weighted by Gasteiger charge is 2.06. The van der Waals surface area contributed by atoms with Crippen molar-refractivity contribution >= 4 is 33.9 Å². The molecule has 0 fully saturated rings. The second-order valence-corrected chi connectivity index (χ2v) is 4.47. The molecule has 0 aliphatic heterocycles. The van der Waals surface area contributed by atoms with Crippen molar-refractivity contribution in [2.24, 2.45) is 10.8 Å². The van der Waals surface area contributed by atoms with Crippen LogP contribution in [-0.4, -0.2) is 22.7 Å². The quantitative estimate of drug-likeness (QED) is 0.421. The highest BCUT2D eigenvalue weighted by Crippen LogP contribution is 2.24. The number of rotatable bonds is 2. The average molecular weight is 260 g/mol. The first-order valence-electron chi connectivity index (χ1n) is 5.39. The molecule has 92 valence electrons. The number of hydrogen-bond donors (Lipinski definition) is 3. The minimum Gasteiger partial charge on any atom is -0.507 e. The smallest absolute Gasteiger partial charge is 0.225 e. The second-order valence-electron chi connectivity index (χ2n) is 3.65. The Balaban J connectivity index is 2.47. The summed E-state index contributed by atoms with van der Waals surface area (Å²) in [5.41, 5.74) is 6.26. The summed E-state index contributed by atoms with van der Waals surface area (Å²) in [7, 11) is 0. The van der Waals surface area contributed by atoms with Gasteiger partial charge in [-0.3, -0.25) is 0 Å². The van der Waals surface area contributed by atoms with E-state index >= 15 is 0 Å². The van der Waals surface area contributed by atoms with E-state index in [9.17, 15) is 5.11 Å². The number of nitrogens with two attached hydrogens (primary N) is 1. The largest absolute Gasteiger partial charge is 0.507 e. The van der Waals surface area contributed by atoms with Crippen LogP contribution < -0.4 is 10.8 Å². The molecule has 2 aromatic rings. The molecule has 4 N–H and O–H groups in total. The molecule has 0 saturated carbocycles. The third kappa shape index (κ3) is 2.62. The highest BCUT2D eigenvalue weighted by molar-refractivity contribution is 8.13. The van der Waals surface area contributed by atoms with Crippen LogP contribution in [0.25, 0.3) is 10.8 Å². The van der Waals surface area contributed by atoms with Crippen molar-refractivity contribution in [1.29, 1.82) is 0 Å². The summed E-state index contributed by atoms with van der Waals surface area (Å²) in [6.07, 6.45) is 3.48. The fourth-order valence-corrected chi connectivity index (χ4v) is 1.79. The summed E-state index contributed by atoms with van der Waals surface area (Å²) >= 11 is 1.35. The number of hydrogen-bond acceptors (Lipinski definition) is 3. The van der Waals surface area contributed by atoms with Crippen LogP contribution in [0.5, 0.6) is 5.75 Å². The number of amidine groups is 1. The van der Waals surface area contributed by atoms with E-state index in [1.54, 1.807) is 12.3 Å². The molecule has 0 aliphatic rings. The Kier molecular flexibility index (Phi) is 3.84. The van der Waals surface area contributed by atoms with Crippen molar-refractivity contribution in [1.82, 2.24) is 0 Å². The van der Waals surface area contributed by atoms with Crippen LogP contribution in [0.3, 0.4) is 0 Å². The van der Waals surface area contributed by atoms with Crippen molar-refractivity contribution in [2.75, 3.05) is 6.26 Å². The zero-order chi connectivity index (χ0) is 13.0. The van der Waals surface area contributed by atoms with Crippen LogP contribution >= 0.6 is 11.8 Å². The molecular formula is C13H14N3OS+. The van der Waals surface area contributed by atoms with E-state index in [0.29, 0.717) is 10.7 Å². The Hall–Kier alpha value is -2.01. The molecule has 0 radical (unpaired) electrons. The molecule has 2 rings (SSSR count). The first kappa shape index (κ1) is 12.4. The minimum atomic E-state index is 0.208. The molecule has 0 aromatic heterocycles. The van der Waals surface area contributed by atoms with Gasteiger partial charge in [0.1, 0.15) is 5.75 Å². The van der Waals surface area contributed by atoms with Gasteiger partial charge in [0.15, 0.2) is 0 Å². The normalized spacial score (nSPS) is 12.4. The lowest BCUT2D eigenvalue weighted by Crippen LogP contribution is -2.62. The van der Waals surface area contributed by atoms with Gasteiger partial charge in [0, 0.05) is 5.10 Å². The summed E-state index contributed by atoms with van der Waals surface area (Å²) in [4.78, 5) is 0. The fourth-order valence-electron chi connectivity index (χ4n) is 1.64.